The van der Waals surface area contributed by atoms with Crippen LogP contribution < -0.4 is 0 Å². The summed E-state index contributed by atoms with van der Waals surface area (Å²) in [5, 5.41) is 10.3. The molecule has 0 fully saturated rings. The molecule has 0 saturated carbocycles. The molecule has 0 amide bonds. The molecular formula is C12H14N2O. The normalized spacial score (nSPS) is 14.9. The molecule has 78 valence electrons. The lowest BCUT2D eigenvalue weighted by Crippen LogP contribution is -2.24. The molecule has 1 aromatic heterocycles. The van der Waals surface area contributed by atoms with Gasteiger partial charge >= 0.3 is 0 Å². The number of rotatable bonds is 2. The van der Waals surface area contributed by atoms with Crippen molar-refractivity contribution in [3.05, 3.63) is 53.6 Å². The lowest BCUT2D eigenvalue weighted by atomic mass is 9.94. The number of aryl methyl sites for hydroxylation is 1. The summed E-state index contributed by atoms with van der Waals surface area (Å²) in [6.45, 7) is 3.75. The third kappa shape index (κ3) is 1.78. The smallest absolute Gasteiger partial charge is 0.144 e. The highest BCUT2D eigenvalue weighted by Gasteiger charge is 2.27. The number of imidazole rings is 1. The fourth-order valence-corrected chi connectivity index (χ4v) is 1.55. The van der Waals surface area contributed by atoms with E-state index in [9.17, 15) is 5.11 Å². The van der Waals surface area contributed by atoms with Gasteiger partial charge in [-0.2, -0.15) is 0 Å². The van der Waals surface area contributed by atoms with Crippen LogP contribution in [0.15, 0.2) is 36.7 Å². The second-order valence-electron chi connectivity index (χ2n) is 3.88. The maximum absolute atomic E-state index is 10.3. The molecule has 0 saturated heterocycles. The van der Waals surface area contributed by atoms with Crippen molar-refractivity contribution < 1.29 is 5.11 Å². The van der Waals surface area contributed by atoms with Crippen molar-refractivity contribution >= 4 is 0 Å². The lowest BCUT2D eigenvalue weighted by molar-refractivity contribution is 0.0931. The predicted octanol–water partition coefficient (Wildman–Crippen LogP) is 1.97. The van der Waals surface area contributed by atoms with Crippen molar-refractivity contribution in [2.75, 3.05) is 0 Å². The van der Waals surface area contributed by atoms with Crippen LogP contribution in [0.3, 0.4) is 0 Å². The number of nitrogens with zero attached hydrogens (tertiary/aromatic N) is 1. The summed E-state index contributed by atoms with van der Waals surface area (Å²) in [7, 11) is 0. The van der Waals surface area contributed by atoms with Gasteiger partial charge in [0.25, 0.3) is 0 Å². The molecule has 1 aromatic carbocycles. The van der Waals surface area contributed by atoms with Gasteiger partial charge in [0.1, 0.15) is 11.4 Å². The number of H-pyrrole nitrogens is 1. The third-order valence-corrected chi connectivity index (χ3v) is 2.57. The Hall–Kier alpha value is -1.61. The molecule has 0 spiro atoms. The van der Waals surface area contributed by atoms with E-state index in [-0.39, 0.29) is 0 Å². The monoisotopic (exact) mass is 202 g/mol. The van der Waals surface area contributed by atoms with Gasteiger partial charge in [0, 0.05) is 12.4 Å². The number of aliphatic hydroxyl groups is 1. The highest BCUT2D eigenvalue weighted by atomic mass is 16.3. The fourth-order valence-electron chi connectivity index (χ4n) is 1.55. The van der Waals surface area contributed by atoms with Crippen LogP contribution in [0.25, 0.3) is 0 Å². The molecule has 0 aliphatic heterocycles. The van der Waals surface area contributed by atoms with Gasteiger partial charge in [-0.15, -0.1) is 0 Å². The fraction of sp³-hybridized carbons (Fsp3) is 0.250. The second kappa shape index (κ2) is 3.51. The highest BCUT2D eigenvalue weighted by molar-refractivity contribution is 5.30. The molecule has 1 atom stereocenters. The van der Waals surface area contributed by atoms with Gasteiger partial charge in [0.05, 0.1) is 0 Å². The van der Waals surface area contributed by atoms with E-state index < -0.39 is 5.60 Å². The van der Waals surface area contributed by atoms with Crippen LogP contribution in [-0.2, 0) is 5.60 Å². The van der Waals surface area contributed by atoms with Gasteiger partial charge in [-0.05, 0) is 19.4 Å². The van der Waals surface area contributed by atoms with Crippen molar-refractivity contribution in [2.24, 2.45) is 0 Å². The van der Waals surface area contributed by atoms with Gasteiger partial charge in [-0.3, -0.25) is 0 Å². The van der Waals surface area contributed by atoms with Crippen LogP contribution in [0.4, 0.5) is 0 Å². The number of nitrogens with one attached hydrogen (secondary N) is 1. The standard InChI is InChI=1S/C12H14N2O/c1-9-3-5-10(6-4-9)12(2,15)11-13-7-8-14-11/h3-8,15H,1-2H3,(H,13,14)/t12-/m0/s1. The zero-order valence-electron chi connectivity index (χ0n) is 8.86. The van der Waals surface area contributed by atoms with E-state index in [1.165, 1.54) is 5.56 Å². The van der Waals surface area contributed by atoms with Gasteiger partial charge in [-0.25, -0.2) is 4.98 Å². The van der Waals surface area contributed by atoms with Crippen molar-refractivity contribution in [1.29, 1.82) is 0 Å². The Kier molecular flexibility index (Phi) is 2.32. The van der Waals surface area contributed by atoms with Crippen LogP contribution in [0.2, 0.25) is 0 Å². The molecule has 0 unspecified atom stereocenters. The van der Waals surface area contributed by atoms with E-state index in [1.807, 2.05) is 31.2 Å². The molecule has 0 aliphatic carbocycles. The predicted molar refractivity (Wildman–Crippen MR) is 58.4 cm³/mol. The summed E-state index contributed by atoms with van der Waals surface area (Å²) in [6, 6.07) is 7.79. The van der Waals surface area contributed by atoms with Crippen LogP contribution >= 0.6 is 0 Å². The topological polar surface area (TPSA) is 48.9 Å². The minimum Gasteiger partial charge on any atom is -0.377 e. The average molecular weight is 202 g/mol. The molecule has 2 N–H and O–H groups in total. The Morgan fingerprint density at radius 1 is 1.27 bits per heavy atom. The first-order valence-corrected chi connectivity index (χ1v) is 4.90. The van der Waals surface area contributed by atoms with Gasteiger partial charge in [-0.1, -0.05) is 29.8 Å². The maximum atomic E-state index is 10.3. The Morgan fingerprint density at radius 2 is 1.93 bits per heavy atom. The van der Waals surface area contributed by atoms with E-state index in [2.05, 4.69) is 9.97 Å². The van der Waals surface area contributed by atoms with Crippen molar-refractivity contribution in [1.82, 2.24) is 9.97 Å². The van der Waals surface area contributed by atoms with E-state index >= 15 is 0 Å². The Bertz CT molecular complexity index is 429. The van der Waals surface area contributed by atoms with Crippen LogP contribution in [-0.4, -0.2) is 15.1 Å². The lowest BCUT2D eigenvalue weighted by Gasteiger charge is -2.21. The first kappa shape index (κ1) is 9.93. The van der Waals surface area contributed by atoms with E-state index in [1.54, 1.807) is 19.3 Å². The van der Waals surface area contributed by atoms with E-state index in [4.69, 9.17) is 0 Å². The van der Waals surface area contributed by atoms with Gasteiger partial charge < -0.3 is 10.1 Å². The molecule has 0 aliphatic rings. The summed E-state index contributed by atoms with van der Waals surface area (Å²) in [4.78, 5) is 7.01. The van der Waals surface area contributed by atoms with Crippen LogP contribution in [0.5, 0.6) is 0 Å². The summed E-state index contributed by atoms with van der Waals surface area (Å²) < 4.78 is 0. The summed E-state index contributed by atoms with van der Waals surface area (Å²) >= 11 is 0. The second-order valence-corrected chi connectivity index (χ2v) is 3.88. The van der Waals surface area contributed by atoms with E-state index in [0.717, 1.165) is 5.56 Å². The molecule has 0 bridgehead atoms. The maximum Gasteiger partial charge on any atom is 0.144 e. The summed E-state index contributed by atoms with van der Waals surface area (Å²) in [6.07, 6.45) is 3.34. The van der Waals surface area contributed by atoms with Crippen LogP contribution in [0, 0.1) is 6.92 Å². The van der Waals surface area contributed by atoms with E-state index in [0.29, 0.717) is 5.82 Å². The molecule has 2 rings (SSSR count). The molecule has 2 aromatic rings. The summed E-state index contributed by atoms with van der Waals surface area (Å²) in [5.41, 5.74) is 0.953. The Labute approximate surface area is 88.8 Å². The largest absolute Gasteiger partial charge is 0.377 e. The van der Waals surface area contributed by atoms with Crippen LogP contribution in [0.1, 0.15) is 23.9 Å². The molecule has 15 heavy (non-hydrogen) atoms. The molecule has 1 heterocycles. The van der Waals surface area contributed by atoms with Crippen molar-refractivity contribution in [2.45, 2.75) is 19.4 Å². The minimum absolute atomic E-state index is 0.561. The number of hydrogen-bond donors (Lipinski definition) is 2. The number of hydrogen-bond acceptors (Lipinski definition) is 2. The zero-order chi connectivity index (χ0) is 10.9. The van der Waals surface area contributed by atoms with Crippen molar-refractivity contribution in [3.8, 4) is 0 Å². The highest BCUT2D eigenvalue weighted by Crippen LogP contribution is 2.26. The molecule has 3 heteroatoms. The molecule has 3 nitrogen and oxygen atoms in total. The molecule has 0 radical (unpaired) electrons. The quantitative estimate of drug-likeness (QED) is 0.782. The number of benzene rings is 1. The van der Waals surface area contributed by atoms with Crippen molar-refractivity contribution in [3.63, 3.8) is 0 Å². The van der Waals surface area contributed by atoms with Gasteiger partial charge in [0.2, 0.25) is 0 Å². The van der Waals surface area contributed by atoms with Gasteiger partial charge in [0.15, 0.2) is 0 Å². The Morgan fingerprint density at radius 3 is 2.47 bits per heavy atom. The SMILES string of the molecule is Cc1ccc([C@](C)(O)c2ncc[nH]2)cc1. The Balaban J connectivity index is 2.41. The molecular weight excluding hydrogens is 188 g/mol. The third-order valence-electron chi connectivity index (χ3n) is 2.57. The first-order valence-electron chi connectivity index (χ1n) is 4.90. The number of aromatic amines is 1. The average Bonchev–Trinajstić information content (AvgIpc) is 2.71. The number of aromatic nitrogens is 2. The zero-order valence-corrected chi connectivity index (χ0v) is 8.86. The first-order chi connectivity index (χ1) is 7.10. The summed E-state index contributed by atoms with van der Waals surface area (Å²) in [5.74, 6) is 0.561. The minimum atomic E-state index is -1.06.